The van der Waals surface area contributed by atoms with Gasteiger partial charge in [-0.3, -0.25) is 0 Å². The second kappa shape index (κ2) is 5.69. The molecule has 0 radical (unpaired) electrons. The normalized spacial score (nSPS) is 16.4. The zero-order valence-corrected chi connectivity index (χ0v) is 12.5. The van der Waals surface area contributed by atoms with Crippen LogP contribution < -0.4 is 5.32 Å². The van der Waals surface area contributed by atoms with E-state index in [4.69, 9.17) is 0 Å². The Balaban J connectivity index is 2.15. The Hall–Kier alpha value is -0.430. The Morgan fingerprint density at radius 3 is 2.72 bits per heavy atom. The van der Waals surface area contributed by atoms with Crippen LogP contribution in [0.15, 0.2) is 15.7 Å². The van der Waals surface area contributed by atoms with E-state index in [9.17, 15) is 8.42 Å². The van der Waals surface area contributed by atoms with E-state index in [1.54, 1.807) is 10.4 Å². The minimum Gasteiger partial charge on any atom is -0.313 e. The topological polar surface area (TPSA) is 49.4 Å². The monoisotopic (exact) mass is 288 g/mol. The molecule has 0 spiro atoms. The van der Waals surface area contributed by atoms with Crippen molar-refractivity contribution in [3.05, 3.63) is 17.0 Å². The van der Waals surface area contributed by atoms with Gasteiger partial charge in [0, 0.05) is 19.1 Å². The molecule has 0 bridgehead atoms. The average Bonchev–Trinajstić information content (AvgIpc) is 3.04. The number of nitrogens with zero attached hydrogens (tertiary/aromatic N) is 1. The molecule has 0 saturated heterocycles. The fourth-order valence-corrected chi connectivity index (χ4v) is 4.98. The molecule has 1 aliphatic carbocycles. The molecule has 1 fully saturated rings. The highest BCUT2D eigenvalue weighted by Gasteiger charge is 2.37. The zero-order valence-electron chi connectivity index (χ0n) is 10.8. The molecule has 2 rings (SSSR count). The second-order valence-electron chi connectivity index (χ2n) is 4.49. The number of hydrogen-bond acceptors (Lipinski definition) is 4. The number of rotatable bonds is 7. The summed E-state index contributed by atoms with van der Waals surface area (Å²) in [6.07, 6.45) is 2.01. The molecule has 0 atom stereocenters. The summed E-state index contributed by atoms with van der Waals surface area (Å²) in [4.78, 5) is 0. The Labute approximate surface area is 113 Å². The molecule has 1 aliphatic rings. The molecule has 1 heterocycles. The quantitative estimate of drug-likeness (QED) is 0.835. The van der Waals surface area contributed by atoms with Crippen molar-refractivity contribution in [3.8, 4) is 0 Å². The molecule has 1 N–H and O–H groups in total. The maximum Gasteiger partial charge on any atom is 0.252 e. The van der Waals surface area contributed by atoms with Crippen molar-refractivity contribution < 1.29 is 8.42 Å². The van der Waals surface area contributed by atoms with Gasteiger partial charge in [0.2, 0.25) is 0 Å². The van der Waals surface area contributed by atoms with Gasteiger partial charge in [-0.1, -0.05) is 13.8 Å². The van der Waals surface area contributed by atoms with Crippen LogP contribution in [0.2, 0.25) is 0 Å². The lowest BCUT2D eigenvalue weighted by Crippen LogP contribution is -2.32. The molecule has 18 heavy (non-hydrogen) atoms. The van der Waals surface area contributed by atoms with Gasteiger partial charge in [0.25, 0.3) is 10.0 Å². The summed E-state index contributed by atoms with van der Waals surface area (Å²) in [5, 5.41) is 5.13. The van der Waals surface area contributed by atoms with Crippen molar-refractivity contribution in [1.29, 1.82) is 0 Å². The van der Waals surface area contributed by atoms with Gasteiger partial charge >= 0.3 is 0 Å². The smallest absolute Gasteiger partial charge is 0.252 e. The van der Waals surface area contributed by atoms with E-state index in [1.165, 1.54) is 11.3 Å². The predicted molar refractivity (Wildman–Crippen MR) is 74.3 cm³/mol. The van der Waals surface area contributed by atoms with Crippen molar-refractivity contribution in [1.82, 2.24) is 9.62 Å². The number of thiophene rings is 1. The maximum atomic E-state index is 12.4. The van der Waals surface area contributed by atoms with E-state index in [0.717, 1.165) is 31.5 Å². The van der Waals surface area contributed by atoms with Gasteiger partial charge in [0.05, 0.1) is 0 Å². The minimum atomic E-state index is -3.27. The van der Waals surface area contributed by atoms with Gasteiger partial charge in [0.1, 0.15) is 4.21 Å². The Bertz CT molecular complexity index is 492. The molecule has 102 valence electrons. The second-order valence-corrected chi connectivity index (χ2v) is 7.52. The Morgan fingerprint density at radius 1 is 1.44 bits per heavy atom. The fourth-order valence-electron chi connectivity index (χ4n) is 1.95. The molecule has 4 nitrogen and oxygen atoms in total. The summed E-state index contributed by atoms with van der Waals surface area (Å²) in [5.74, 6) is 0. The fraction of sp³-hybridized carbons (Fsp3) is 0.667. The molecule has 1 aromatic rings. The minimum absolute atomic E-state index is 0.235. The summed E-state index contributed by atoms with van der Waals surface area (Å²) in [6.45, 7) is 6.13. The van der Waals surface area contributed by atoms with E-state index in [0.29, 0.717) is 10.8 Å². The van der Waals surface area contributed by atoms with Gasteiger partial charge < -0.3 is 5.32 Å². The number of nitrogens with one attached hydrogen (secondary N) is 1. The van der Waals surface area contributed by atoms with Crippen LogP contribution in [0.4, 0.5) is 0 Å². The Morgan fingerprint density at radius 2 is 2.17 bits per heavy atom. The van der Waals surface area contributed by atoms with Gasteiger partial charge in [-0.25, -0.2) is 8.42 Å². The first-order valence-corrected chi connectivity index (χ1v) is 8.71. The average molecular weight is 288 g/mol. The van der Waals surface area contributed by atoms with E-state index >= 15 is 0 Å². The lowest BCUT2D eigenvalue weighted by molar-refractivity contribution is 0.422. The maximum absolute atomic E-state index is 12.4. The highest BCUT2D eigenvalue weighted by atomic mass is 32.2. The summed E-state index contributed by atoms with van der Waals surface area (Å²) < 4.78 is 27.0. The first-order valence-electron chi connectivity index (χ1n) is 6.39. The molecule has 6 heteroatoms. The van der Waals surface area contributed by atoms with E-state index in [1.807, 2.05) is 19.2 Å². The van der Waals surface area contributed by atoms with E-state index in [-0.39, 0.29) is 6.04 Å². The largest absolute Gasteiger partial charge is 0.313 e. The third-order valence-electron chi connectivity index (χ3n) is 3.04. The standard InChI is InChI=1S/C12H20N2O2S2/c1-3-13-8-10-7-12(17-9-10)18(15,16)14(4-2)11-5-6-11/h7,9,11,13H,3-6,8H2,1-2H3. The van der Waals surface area contributed by atoms with Crippen LogP contribution in [-0.2, 0) is 16.6 Å². The molecule has 1 aromatic heterocycles. The molecule has 0 aromatic carbocycles. The highest BCUT2D eigenvalue weighted by Crippen LogP contribution is 2.33. The zero-order chi connectivity index (χ0) is 13.2. The van der Waals surface area contributed by atoms with Crippen molar-refractivity contribution in [2.45, 2.75) is 43.5 Å². The van der Waals surface area contributed by atoms with Crippen LogP contribution in [0.1, 0.15) is 32.3 Å². The molecular weight excluding hydrogens is 268 g/mol. The molecule has 1 saturated carbocycles. The van der Waals surface area contributed by atoms with Crippen molar-refractivity contribution in [2.24, 2.45) is 0 Å². The van der Waals surface area contributed by atoms with E-state index in [2.05, 4.69) is 5.32 Å². The van der Waals surface area contributed by atoms with Crippen LogP contribution in [0.5, 0.6) is 0 Å². The number of hydrogen-bond donors (Lipinski definition) is 1. The SMILES string of the molecule is CCNCc1csc(S(=O)(=O)N(CC)C2CC2)c1. The summed E-state index contributed by atoms with van der Waals surface area (Å²) in [7, 11) is -3.27. The molecule has 0 aliphatic heterocycles. The van der Waals surface area contributed by atoms with Crippen LogP contribution in [-0.4, -0.2) is 31.9 Å². The van der Waals surface area contributed by atoms with Crippen LogP contribution in [0, 0.1) is 0 Å². The highest BCUT2D eigenvalue weighted by molar-refractivity contribution is 7.91. The molecule has 0 unspecified atom stereocenters. The first kappa shape index (κ1) is 14.0. The van der Waals surface area contributed by atoms with E-state index < -0.39 is 10.0 Å². The lowest BCUT2D eigenvalue weighted by atomic mass is 10.3. The van der Waals surface area contributed by atoms with Crippen molar-refractivity contribution in [3.63, 3.8) is 0 Å². The van der Waals surface area contributed by atoms with Gasteiger partial charge in [-0.15, -0.1) is 11.3 Å². The molecular formula is C12H20N2O2S2. The van der Waals surface area contributed by atoms with Crippen molar-refractivity contribution in [2.75, 3.05) is 13.1 Å². The van der Waals surface area contributed by atoms with Crippen LogP contribution in [0.3, 0.4) is 0 Å². The van der Waals surface area contributed by atoms with Gasteiger partial charge in [-0.2, -0.15) is 4.31 Å². The number of sulfonamides is 1. The van der Waals surface area contributed by atoms with Gasteiger partial charge in [-0.05, 0) is 36.4 Å². The third-order valence-corrected chi connectivity index (χ3v) is 6.53. The van der Waals surface area contributed by atoms with Crippen LogP contribution >= 0.6 is 11.3 Å². The summed E-state index contributed by atoms with van der Waals surface area (Å²) >= 11 is 1.33. The Kier molecular flexibility index (Phi) is 4.42. The predicted octanol–water partition coefficient (Wildman–Crippen LogP) is 2.03. The summed E-state index contributed by atoms with van der Waals surface area (Å²) in [6, 6.07) is 2.03. The van der Waals surface area contributed by atoms with Gasteiger partial charge in [0.15, 0.2) is 0 Å². The lowest BCUT2D eigenvalue weighted by Gasteiger charge is -2.18. The molecule has 0 amide bonds. The first-order chi connectivity index (χ1) is 8.59. The van der Waals surface area contributed by atoms with Crippen molar-refractivity contribution >= 4 is 21.4 Å². The van der Waals surface area contributed by atoms with Crippen LogP contribution in [0.25, 0.3) is 0 Å². The third kappa shape index (κ3) is 2.93. The summed E-state index contributed by atoms with van der Waals surface area (Å²) in [5.41, 5.74) is 1.05.